The first-order chi connectivity index (χ1) is 27.0. The minimum atomic E-state index is -4.40. The van der Waals surface area contributed by atoms with Crippen LogP contribution < -0.4 is 10.2 Å². The van der Waals surface area contributed by atoms with Crippen LogP contribution in [0.4, 0.5) is 30.2 Å². The van der Waals surface area contributed by atoms with Crippen molar-refractivity contribution in [2.45, 2.75) is 110 Å². The Morgan fingerprint density at radius 2 is 1.54 bits per heavy atom. The second-order valence-corrected chi connectivity index (χ2v) is 17.1. The lowest BCUT2D eigenvalue weighted by atomic mass is 9.64. The molecule has 8 heteroatoms. The van der Waals surface area contributed by atoms with E-state index in [-0.39, 0.29) is 10.6 Å². The fraction of sp³-hybridized carbons (Fsp3) is 0.429. The van der Waals surface area contributed by atoms with Crippen LogP contribution in [-0.4, -0.2) is 18.0 Å². The van der Waals surface area contributed by atoms with Gasteiger partial charge in [-0.3, -0.25) is 10.1 Å². The third-order valence-electron chi connectivity index (χ3n) is 11.6. The molecule has 0 amide bonds. The Labute approximate surface area is 338 Å². The summed E-state index contributed by atoms with van der Waals surface area (Å²) in [6, 6.07) is 18.1. The standard InChI is InChI=1S/C49H60F3N3O2/c1-35(2)27-31-54-45-25-22-40(49(50,51)52)33-43(45)47(6,7)46(54)17-13-10-8-9-12-16-37(5)48(28-14-11-15-29-48)42-34-41(55(56)57)23-24-44(42)53-30-26-38-18-20-39(21-19-38)32-36(3)4/h8-10,12-13,16-25,33-36,53H,5,11,14-15,26-32H2,1-4,6-7H3/b9-8+,13-10+,16-12+,46-17+. The van der Waals surface area contributed by atoms with Crippen molar-refractivity contribution in [2.75, 3.05) is 23.3 Å². The van der Waals surface area contributed by atoms with E-state index < -0.39 is 22.6 Å². The maximum atomic E-state index is 13.7. The van der Waals surface area contributed by atoms with Gasteiger partial charge in [-0.2, -0.15) is 13.2 Å². The van der Waals surface area contributed by atoms with Gasteiger partial charge in [-0.25, -0.2) is 0 Å². The first-order valence-corrected chi connectivity index (χ1v) is 20.5. The fourth-order valence-electron chi connectivity index (χ4n) is 8.42. The van der Waals surface area contributed by atoms with Crippen LogP contribution in [0.25, 0.3) is 0 Å². The second-order valence-electron chi connectivity index (χ2n) is 17.1. The highest BCUT2D eigenvalue weighted by Crippen LogP contribution is 2.50. The fourth-order valence-corrected chi connectivity index (χ4v) is 8.42. The van der Waals surface area contributed by atoms with E-state index in [1.807, 2.05) is 62.4 Å². The molecule has 304 valence electrons. The SMILES string of the molecule is C=C(/C=C/C=C/C=C/C=C1/N(CCC(C)C)c2ccc(C(F)(F)F)cc2C1(C)C)C1(c2cc([N+](=O)[O-])ccc2NCCc2ccc(CC(C)C)cc2)CCCCC1. The Balaban J connectivity index is 1.33. The highest BCUT2D eigenvalue weighted by atomic mass is 19.4. The van der Waals surface area contributed by atoms with Crippen LogP contribution >= 0.6 is 0 Å². The molecule has 0 unspecified atom stereocenters. The normalized spacial score (nSPS) is 17.5. The van der Waals surface area contributed by atoms with Crippen LogP contribution in [-0.2, 0) is 29.8 Å². The van der Waals surface area contributed by atoms with Gasteiger partial charge < -0.3 is 10.2 Å². The molecule has 2 aliphatic rings. The molecule has 5 nitrogen and oxygen atoms in total. The third-order valence-corrected chi connectivity index (χ3v) is 11.6. The van der Waals surface area contributed by atoms with E-state index in [4.69, 9.17) is 0 Å². The molecule has 3 aromatic rings. The summed E-state index contributed by atoms with van der Waals surface area (Å²) in [6.45, 7) is 18.7. The number of alkyl halides is 3. The first kappa shape index (κ1) is 43.3. The van der Waals surface area contributed by atoms with Gasteiger partial charge in [-0.05, 0) is 102 Å². The molecule has 1 aliphatic heterocycles. The number of rotatable bonds is 16. The van der Waals surface area contributed by atoms with Crippen molar-refractivity contribution >= 4 is 17.1 Å². The third kappa shape index (κ3) is 10.6. The Morgan fingerprint density at radius 3 is 2.19 bits per heavy atom. The van der Waals surface area contributed by atoms with E-state index >= 15 is 0 Å². The van der Waals surface area contributed by atoms with Crippen molar-refractivity contribution in [3.8, 4) is 0 Å². The molecular weight excluding hydrogens is 720 g/mol. The zero-order chi connectivity index (χ0) is 41.4. The smallest absolute Gasteiger partial charge is 0.384 e. The molecule has 3 aromatic carbocycles. The van der Waals surface area contributed by atoms with Crippen LogP contribution in [0.5, 0.6) is 0 Å². The van der Waals surface area contributed by atoms with Crippen molar-refractivity contribution in [3.05, 3.63) is 159 Å². The van der Waals surface area contributed by atoms with Gasteiger partial charge >= 0.3 is 6.18 Å². The molecule has 0 atom stereocenters. The van der Waals surface area contributed by atoms with E-state index in [9.17, 15) is 23.3 Å². The zero-order valence-electron chi connectivity index (χ0n) is 34.6. The molecule has 5 rings (SSSR count). The molecule has 1 saturated carbocycles. The van der Waals surface area contributed by atoms with Gasteiger partial charge in [0.15, 0.2) is 0 Å². The monoisotopic (exact) mass is 779 g/mol. The number of fused-ring (bicyclic) bond motifs is 1. The average molecular weight is 780 g/mol. The quantitative estimate of drug-likeness (QED) is 0.0894. The van der Waals surface area contributed by atoms with Crippen LogP contribution in [0.1, 0.15) is 108 Å². The molecule has 0 saturated heterocycles. The lowest BCUT2D eigenvalue weighted by molar-refractivity contribution is -0.384. The van der Waals surface area contributed by atoms with E-state index in [0.29, 0.717) is 23.9 Å². The van der Waals surface area contributed by atoms with Crippen molar-refractivity contribution < 1.29 is 18.1 Å². The zero-order valence-corrected chi connectivity index (χ0v) is 34.6. The molecule has 0 radical (unpaired) electrons. The Bertz CT molecular complexity index is 1990. The van der Waals surface area contributed by atoms with Gasteiger partial charge in [0.2, 0.25) is 0 Å². The van der Waals surface area contributed by atoms with Crippen LogP contribution in [0, 0.1) is 22.0 Å². The van der Waals surface area contributed by atoms with Crippen molar-refractivity contribution in [3.63, 3.8) is 0 Å². The minimum Gasteiger partial charge on any atom is -0.384 e. The lowest BCUT2D eigenvalue weighted by Gasteiger charge is -2.40. The number of nitro benzene ring substituents is 1. The summed E-state index contributed by atoms with van der Waals surface area (Å²) in [5.41, 5.74) is 6.23. The summed E-state index contributed by atoms with van der Waals surface area (Å²) in [7, 11) is 0. The highest BCUT2D eigenvalue weighted by Gasteiger charge is 2.42. The predicted molar refractivity (Wildman–Crippen MR) is 231 cm³/mol. The molecule has 1 N–H and O–H groups in total. The maximum absolute atomic E-state index is 13.7. The molecule has 0 bridgehead atoms. The van der Waals surface area contributed by atoms with E-state index in [1.165, 1.54) is 23.3 Å². The summed E-state index contributed by atoms with van der Waals surface area (Å²) >= 11 is 0. The molecule has 0 aromatic heterocycles. The van der Waals surface area contributed by atoms with Crippen molar-refractivity contribution in [1.82, 2.24) is 0 Å². The molecule has 1 fully saturated rings. The van der Waals surface area contributed by atoms with Crippen molar-refractivity contribution in [1.29, 1.82) is 0 Å². The Morgan fingerprint density at radius 1 is 0.877 bits per heavy atom. The molecule has 57 heavy (non-hydrogen) atoms. The number of non-ortho nitro benzene ring substituents is 1. The molecule has 0 spiro atoms. The van der Waals surface area contributed by atoms with Crippen LogP contribution in [0.15, 0.2) is 121 Å². The molecule has 1 heterocycles. The van der Waals surface area contributed by atoms with Crippen LogP contribution in [0.2, 0.25) is 0 Å². The van der Waals surface area contributed by atoms with Gasteiger partial charge in [0, 0.05) is 53.1 Å². The largest absolute Gasteiger partial charge is 0.416 e. The number of nitro groups is 1. The van der Waals surface area contributed by atoms with Crippen LogP contribution in [0.3, 0.4) is 0 Å². The summed E-state index contributed by atoms with van der Waals surface area (Å²) in [5.74, 6) is 1.06. The van der Waals surface area contributed by atoms with E-state index in [1.54, 1.807) is 18.2 Å². The Kier molecular flexibility index (Phi) is 14.1. The molecular formula is C49H60F3N3O2. The second kappa shape index (κ2) is 18.6. The van der Waals surface area contributed by atoms with Gasteiger partial charge in [-0.15, -0.1) is 0 Å². The maximum Gasteiger partial charge on any atom is 0.416 e. The summed E-state index contributed by atoms with van der Waals surface area (Å²) in [4.78, 5) is 13.8. The lowest BCUT2D eigenvalue weighted by Crippen LogP contribution is -2.31. The van der Waals surface area contributed by atoms with Gasteiger partial charge in [0.1, 0.15) is 0 Å². The number of nitrogens with one attached hydrogen (secondary N) is 1. The first-order valence-electron chi connectivity index (χ1n) is 20.5. The van der Waals surface area contributed by atoms with E-state index in [0.717, 1.165) is 86.1 Å². The Hall–Kier alpha value is -4.85. The predicted octanol–water partition coefficient (Wildman–Crippen LogP) is 13.6. The van der Waals surface area contributed by atoms with Gasteiger partial charge in [-0.1, -0.05) is 128 Å². The number of allylic oxidation sites excluding steroid dienone is 9. The summed E-state index contributed by atoms with van der Waals surface area (Å²) in [5, 5.41) is 15.6. The minimum absolute atomic E-state index is 0.0780. The van der Waals surface area contributed by atoms with Gasteiger partial charge in [0.25, 0.3) is 5.69 Å². The van der Waals surface area contributed by atoms with Gasteiger partial charge in [0.05, 0.1) is 10.5 Å². The summed E-state index contributed by atoms with van der Waals surface area (Å²) < 4.78 is 41.0. The number of hydrogen-bond acceptors (Lipinski definition) is 4. The number of hydrogen-bond donors (Lipinski definition) is 1. The highest BCUT2D eigenvalue weighted by molar-refractivity contribution is 5.71. The van der Waals surface area contributed by atoms with E-state index in [2.05, 4.69) is 68.8 Å². The molecule has 1 aliphatic carbocycles. The number of halogens is 3. The average Bonchev–Trinajstić information content (AvgIpc) is 3.38. The summed E-state index contributed by atoms with van der Waals surface area (Å²) in [6.07, 6.45) is 17.0. The number of benzene rings is 3. The topological polar surface area (TPSA) is 58.4 Å². The number of nitrogens with zero attached hydrogens (tertiary/aromatic N) is 2. The number of anilines is 2. The van der Waals surface area contributed by atoms with Crippen molar-refractivity contribution in [2.24, 2.45) is 11.8 Å².